The van der Waals surface area contributed by atoms with E-state index in [-0.39, 0.29) is 23.7 Å². The highest BCUT2D eigenvalue weighted by Gasteiger charge is 2.26. The number of halogens is 2. The Labute approximate surface area is 169 Å². The largest absolute Gasteiger partial charge is 0.334 e. The summed E-state index contributed by atoms with van der Waals surface area (Å²) in [5.74, 6) is -1.35. The van der Waals surface area contributed by atoms with Crippen LogP contribution in [-0.2, 0) is 13.0 Å². The van der Waals surface area contributed by atoms with E-state index in [1.165, 1.54) is 10.6 Å². The molecule has 0 unspecified atom stereocenters. The molecule has 6 nitrogen and oxygen atoms in total. The van der Waals surface area contributed by atoms with E-state index in [0.717, 1.165) is 18.2 Å². The molecule has 0 atom stereocenters. The molecule has 30 heavy (non-hydrogen) atoms. The van der Waals surface area contributed by atoms with Gasteiger partial charge < -0.3 is 9.88 Å². The first kappa shape index (κ1) is 18.2. The lowest BCUT2D eigenvalue weighted by Gasteiger charge is -2.28. The number of H-pyrrole nitrogens is 1. The van der Waals surface area contributed by atoms with Crippen LogP contribution in [0.25, 0.3) is 16.9 Å². The second-order valence-corrected chi connectivity index (χ2v) is 7.17. The first-order valence-corrected chi connectivity index (χ1v) is 9.44. The number of rotatable bonds is 2. The van der Waals surface area contributed by atoms with Crippen LogP contribution in [0, 0.1) is 11.6 Å². The van der Waals surface area contributed by atoms with Gasteiger partial charge in [0, 0.05) is 41.5 Å². The number of benzene rings is 2. The highest BCUT2D eigenvalue weighted by molar-refractivity contribution is 5.94. The van der Waals surface area contributed by atoms with Gasteiger partial charge in [-0.3, -0.25) is 9.20 Å². The number of amides is 1. The third-order valence-corrected chi connectivity index (χ3v) is 5.31. The Hall–Kier alpha value is -3.81. The Morgan fingerprint density at radius 1 is 1.10 bits per heavy atom. The number of carbonyl (C=O) groups is 1. The van der Waals surface area contributed by atoms with Gasteiger partial charge in [-0.25, -0.2) is 18.6 Å². The molecule has 1 N–H and O–H groups in total. The van der Waals surface area contributed by atoms with Gasteiger partial charge >= 0.3 is 5.69 Å². The molecule has 0 saturated carbocycles. The van der Waals surface area contributed by atoms with E-state index in [2.05, 4.69) is 9.97 Å². The summed E-state index contributed by atoms with van der Waals surface area (Å²) in [5.41, 5.74) is 2.00. The molecule has 1 amide bonds. The molecule has 3 heterocycles. The smallest absolute Gasteiger partial charge is 0.331 e. The number of aromatic nitrogens is 3. The minimum Gasteiger partial charge on any atom is -0.334 e. The van der Waals surface area contributed by atoms with E-state index >= 15 is 0 Å². The standard InChI is InChI=1S/C22H16F2N4O2/c23-14-6-7-17(24)15(10-14)19-12-28-20(25-19)16-11-27(9-8-18(16)26-22(28)30)21(29)13-4-2-1-3-5-13/h1-7,10,12H,8-9,11H2,(H,26,30). The normalized spacial score (nSPS) is 13.5. The second-order valence-electron chi connectivity index (χ2n) is 7.17. The lowest BCUT2D eigenvalue weighted by Crippen LogP contribution is -2.38. The van der Waals surface area contributed by atoms with Gasteiger partial charge in [0.15, 0.2) is 0 Å². The van der Waals surface area contributed by atoms with E-state index in [9.17, 15) is 18.4 Å². The average molecular weight is 406 g/mol. The molecule has 150 valence electrons. The third kappa shape index (κ3) is 2.97. The van der Waals surface area contributed by atoms with E-state index in [1.807, 2.05) is 6.07 Å². The lowest BCUT2D eigenvalue weighted by molar-refractivity contribution is 0.0734. The maximum absolute atomic E-state index is 14.2. The second kappa shape index (κ2) is 6.91. The van der Waals surface area contributed by atoms with Crippen LogP contribution in [0.4, 0.5) is 8.78 Å². The van der Waals surface area contributed by atoms with E-state index in [0.29, 0.717) is 35.4 Å². The zero-order valence-corrected chi connectivity index (χ0v) is 15.7. The topological polar surface area (TPSA) is 70.5 Å². The molecule has 8 heteroatoms. The van der Waals surface area contributed by atoms with Crippen molar-refractivity contribution in [1.82, 2.24) is 19.3 Å². The maximum Gasteiger partial charge on any atom is 0.331 e. The summed E-state index contributed by atoms with van der Waals surface area (Å²) in [6.07, 6.45) is 1.85. The Morgan fingerprint density at radius 3 is 2.70 bits per heavy atom. The van der Waals surface area contributed by atoms with Gasteiger partial charge in [0.05, 0.1) is 12.2 Å². The quantitative estimate of drug-likeness (QED) is 0.556. The fraction of sp³-hybridized carbons (Fsp3) is 0.136. The minimum absolute atomic E-state index is 0.0279. The van der Waals surface area contributed by atoms with Gasteiger partial charge in [-0.1, -0.05) is 18.2 Å². The zero-order chi connectivity index (χ0) is 20.8. The molecule has 0 radical (unpaired) electrons. The molecule has 2 aromatic carbocycles. The molecule has 0 fully saturated rings. The Bertz CT molecular complexity index is 1340. The summed E-state index contributed by atoms with van der Waals surface area (Å²) in [5, 5.41) is 0. The minimum atomic E-state index is -0.633. The van der Waals surface area contributed by atoms with E-state index in [4.69, 9.17) is 0 Å². The van der Waals surface area contributed by atoms with Crippen molar-refractivity contribution in [3.8, 4) is 11.3 Å². The van der Waals surface area contributed by atoms with E-state index in [1.54, 1.807) is 29.2 Å². The number of nitrogens with one attached hydrogen (secondary N) is 1. The van der Waals surface area contributed by atoms with Crippen molar-refractivity contribution in [2.75, 3.05) is 6.54 Å². The monoisotopic (exact) mass is 406 g/mol. The molecular weight excluding hydrogens is 390 g/mol. The molecule has 4 aromatic rings. The average Bonchev–Trinajstić information content (AvgIpc) is 3.22. The summed E-state index contributed by atoms with van der Waals surface area (Å²) < 4.78 is 29.1. The fourth-order valence-electron chi connectivity index (χ4n) is 3.80. The van der Waals surface area contributed by atoms with Crippen LogP contribution < -0.4 is 5.69 Å². The molecule has 5 rings (SSSR count). The summed E-state index contributed by atoms with van der Waals surface area (Å²) in [6, 6.07) is 12.0. The predicted octanol–water partition coefficient (Wildman–Crippen LogP) is 3.17. The van der Waals surface area contributed by atoms with Crippen LogP contribution in [0.15, 0.2) is 59.5 Å². The molecule has 2 aromatic heterocycles. The van der Waals surface area contributed by atoms with Gasteiger partial charge in [0.25, 0.3) is 5.91 Å². The SMILES string of the molecule is O=C(c1ccccc1)N1CCc2[nH]c(=O)n3cc(-c4cc(F)ccc4F)nc3c2C1. The van der Waals surface area contributed by atoms with Crippen molar-refractivity contribution in [2.24, 2.45) is 0 Å². The highest BCUT2D eigenvalue weighted by Crippen LogP contribution is 2.27. The van der Waals surface area contributed by atoms with Gasteiger partial charge in [0.2, 0.25) is 0 Å². The van der Waals surface area contributed by atoms with Crippen molar-refractivity contribution >= 4 is 11.6 Å². The number of fused-ring (bicyclic) bond motifs is 3. The van der Waals surface area contributed by atoms with Gasteiger partial charge in [-0.05, 0) is 30.3 Å². The maximum atomic E-state index is 14.2. The number of hydrogen-bond acceptors (Lipinski definition) is 3. The Balaban J connectivity index is 1.60. The fourth-order valence-corrected chi connectivity index (χ4v) is 3.80. The van der Waals surface area contributed by atoms with Crippen LogP contribution in [0.2, 0.25) is 0 Å². The van der Waals surface area contributed by atoms with Crippen molar-refractivity contribution in [3.63, 3.8) is 0 Å². The number of nitrogens with zero attached hydrogens (tertiary/aromatic N) is 3. The summed E-state index contributed by atoms with van der Waals surface area (Å²) in [4.78, 5) is 34.3. The van der Waals surface area contributed by atoms with Crippen LogP contribution in [-0.4, -0.2) is 31.7 Å². The zero-order valence-electron chi connectivity index (χ0n) is 15.7. The van der Waals surface area contributed by atoms with Crippen molar-refractivity contribution in [2.45, 2.75) is 13.0 Å². The molecule has 0 aliphatic carbocycles. The first-order valence-electron chi connectivity index (χ1n) is 9.44. The number of hydrogen-bond donors (Lipinski definition) is 1. The van der Waals surface area contributed by atoms with Crippen LogP contribution >= 0.6 is 0 Å². The summed E-state index contributed by atoms with van der Waals surface area (Å²) in [6.45, 7) is 0.713. The van der Waals surface area contributed by atoms with Crippen molar-refractivity contribution < 1.29 is 13.6 Å². The molecule has 0 spiro atoms. The Morgan fingerprint density at radius 2 is 1.90 bits per heavy atom. The van der Waals surface area contributed by atoms with Gasteiger partial charge in [-0.2, -0.15) is 0 Å². The molecule has 0 bridgehead atoms. The number of aromatic amines is 1. The lowest BCUT2D eigenvalue weighted by atomic mass is 10.1. The third-order valence-electron chi connectivity index (χ3n) is 5.31. The highest BCUT2D eigenvalue weighted by atomic mass is 19.1. The molecule has 0 saturated heterocycles. The number of carbonyl (C=O) groups excluding carboxylic acids is 1. The van der Waals surface area contributed by atoms with Crippen LogP contribution in [0.3, 0.4) is 0 Å². The molecular formula is C22H16F2N4O2. The molecule has 1 aliphatic rings. The van der Waals surface area contributed by atoms with Gasteiger partial charge in [-0.15, -0.1) is 0 Å². The summed E-state index contributed by atoms with van der Waals surface area (Å²) in [7, 11) is 0. The van der Waals surface area contributed by atoms with Gasteiger partial charge in [0.1, 0.15) is 17.3 Å². The first-order chi connectivity index (χ1) is 14.5. The Kier molecular flexibility index (Phi) is 4.20. The van der Waals surface area contributed by atoms with Crippen LogP contribution in [0.5, 0.6) is 0 Å². The number of imidazole rings is 1. The summed E-state index contributed by atoms with van der Waals surface area (Å²) >= 11 is 0. The van der Waals surface area contributed by atoms with Crippen LogP contribution in [0.1, 0.15) is 21.6 Å². The van der Waals surface area contributed by atoms with Crippen molar-refractivity contribution in [3.05, 3.63) is 93.7 Å². The van der Waals surface area contributed by atoms with Crippen molar-refractivity contribution in [1.29, 1.82) is 0 Å². The van der Waals surface area contributed by atoms with E-state index < -0.39 is 17.3 Å². The molecule has 1 aliphatic heterocycles. The predicted molar refractivity (Wildman–Crippen MR) is 106 cm³/mol.